The third-order valence-electron chi connectivity index (χ3n) is 3.94. The molecule has 1 aliphatic carbocycles. The Kier molecular flexibility index (Phi) is 5.11. The number of nitrogens with one attached hydrogen (secondary N) is 2. The average Bonchev–Trinajstić information content (AvgIpc) is 2.60. The zero-order valence-corrected chi connectivity index (χ0v) is 14.5. The summed E-state index contributed by atoms with van der Waals surface area (Å²) in [5.74, 6) is -0.0465. The first kappa shape index (κ1) is 16.5. The Hall–Kier alpha value is -2.40. The number of carbonyl (C=O) groups is 2. The number of benzene rings is 2. The Morgan fingerprint density at radius 1 is 1.04 bits per heavy atom. The van der Waals surface area contributed by atoms with Crippen LogP contribution in [0.1, 0.15) is 34.7 Å². The minimum atomic E-state index is -0.244. The number of hydrogen-bond acceptors (Lipinski definition) is 3. The van der Waals surface area contributed by atoms with Crippen molar-refractivity contribution in [2.75, 3.05) is 0 Å². The van der Waals surface area contributed by atoms with Crippen molar-refractivity contribution in [1.29, 1.82) is 0 Å². The van der Waals surface area contributed by atoms with Crippen LogP contribution in [-0.4, -0.2) is 11.7 Å². The molecule has 5 heteroatoms. The van der Waals surface area contributed by atoms with E-state index in [2.05, 4.69) is 26.8 Å². The van der Waals surface area contributed by atoms with E-state index in [4.69, 9.17) is 0 Å². The summed E-state index contributed by atoms with van der Waals surface area (Å²) in [6.07, 6.45) is 2.75. The quantitative estimate of drug-likeness (QED) is 0.789. The maximum absolute atomic E-state index is 12.2. The molecule has 122 valence electrons. The van der Waals surface area contributed by atoms with E-state index in [1.165, 1.54) is 0 Å². The van der Waals surface area contributed by atoms with E-state index in [9.17, 15) is 9.59 Å². The number of carbonyl (C=O) groups excluding carboxylic acids is 2. The highest BCUT2D eigenvalue weighted by atomic mass is 79.9. The van der Waals surface area contributed by atoms with Crippen LogP contribution in [0.5, 0.6) is 0 Å². The summed E-state index contributed by atoms with van der Waals surface area (Å²) in [4.78, 5) is 24.1. The number of hydrazine groups is 1. The van der Waals surface area contributed by atoms with Crippen molar-refractivity contribution in [2.24, 2.45) is 0 Å². The first-order valence-electron chi connectivity index (χ1n) is 7.72. The summed E-state index contributed by atoms with van der Waals surface area (Å²) < 4.78 is 0.839. The molecule has 2 aromatic carbocycles. The highest BCUT2D eigenvalue weighted by molar-refractivity contribution is 9.10. The fraction of sp³-hybridized carbons (Fsp3) is 0.158. The first-order chi connectivity index (χ1) is 11.6. The second-order valence-corrected chi connectivity index (χ2v) is 6.66. The SMILES string of the molecule is O=C1C=C(NNC(=O)c2cccc(Br)c2)C[C@H](c2ccccc2)C1. The fourth-order valence-corrected chi connectivity index (χ4v) is 3.18. The second-order valence-electron chi connectivity index (χ2n) is 5.74. The Labute approximate surface area is 149 Å². The number of allylic oxidation sites excluding steroid dienone is 2. The highest BCUT2D eigenvalue weighted by Crippen LogP contribution is 2.30. The molecular weight excluding hydrogens is 368 g/mol. The lowest BCUT2D eigenvalue weighted by Gasteiger charge is -2.23. The van der Waals surface area contributed by atoms with Gasteiger partial charge in [0.05, 0.1) is 0 Å². The number of rotatable bonds is 4. The van der Waals surface area contributed by atoms with E-state index < -0.39 is 0 Å². The van der Waals surface area contributed by atoms with E-state index in [1.807, 2.05) is 36.4 Å². The molecule has 1 aliphatic rings. The lowest BCUT2D eigenvalue weighted by molar-refractivity contribution is -0.115. The fourth-order valence-electron chi connectivity index (χ4n) is 2.78. The predicted octanol–water partition coefficient (Wildman–Crippen LogP) is 3.71. The zero-order chi connectivity index (χ0) is 16.9. The lowest BCUT2D eigenvalue weighted by atomic mass is 9.86. The summed E-state index contributed by atoms with van der Waals surface area (Å²) in [5.41, 5.74) is 7.96. The van der Waals surface area contributed by atoms with Gasteiger partial charge >= 0.3 is 0 Å². The van der Waals surface area contributed by atoms with E-state index in [0.29, 0.717) is 18.4 Å². The number of ketones is 1. The molecular formula is C19H17BrN2O2. The van der Waals surface area contributed by atoms with E-state index in [0.717, 1.165) is 15.7 Å². The first-order valence-corrected chi connectivity index (χ1v) is 8.51. The maximum atomic E-state index is 12.2. The smallest absolute Gasteiger partial charge is 0.269 e. The van der Waals surface area contributed by atoms with Gasteiger partial charge in [0, 0.05) is 28.2 Å². The number of halogens is 1. The largest absolute Gasteiger partial charge is 0.302 e. The van der Waals surface area contributed by atoms with Gasteiger partial charge in [-0.2, -0.15) is 0 Å². The third kappa shape index (κ3) is 4.11. The monoisotopic (exact) mass is 384 g/mol. The summed E-state index contributed by atoms with van der Waals surface area (Å²) in [6, 6.07) is 17.1. The lowest BCUT2D eigenvalue weighted by Crippen LogP contribution is -2.38. The van der Waals surface area contributed by atoms with Crippen LogP contribution in [0, 0.1) is 0 Å². The van der Waals surface area contributed by atoms with Crippen LogP contribution in [0.3, 0.4) is 0 Å². The highest BCUT2D eigenvalue weighted by Gasteiger charge is 2.22. The van der Waals surface area contributed by atoms with E-state index >= 15 is 0 Å². The Morgan fingerprint density at radius 2 is 1.83 bits per heavy atom. The molecule has 3 rings (SSSR count). The topological polar surface area (TPSA) is 58.2 Å². The molecule has 4 nitrogen and oxygen atoms in total. The summed E-state index contributed by atoms with van der Waals surface area (Å²) in [5, 5.41) is 0. The molecule has 0 heterocycles. The van der Waals surface area contributed by atoms with Gasteiger partial charge < -0.3 is 5.43 Å². The minimum Gasteiger partial charge on any atom is -0.302 e. The molecule has 0 unspecified atom stereocenters. The normalized spacial score (nSPS) is 17.1. The van der Waals surface area contributed by atoms with Crippen molar-refractivity contribution in [3.63, 3.8) is 0 Å². The molecule has 2 N–H and O–H groups in total. The van der Waals surface area contributed by atoms with Crippen molar-refractivity contribution >= 4 is 27.6 Å². The average molecular weight is 385 g/mol. The molecule has 1 atom stereocenters. The maximum Gasteiger partial charge on any atom is 0.269 e. The van der Waals surface area contributed by atoms with Crippen LogP contribution >= 0.6 is 15.9 Å². The summed E-state index contributed by atoms with van der Waals surface area (Å²) in [7, 11) is 0. The van der Waals surface area contributed by atoms with Gasteiger partial charge in [0.1, 0.15) is 0 Å². The molecule has 24 heavy (non-hydrogen) atoms. The molecule has 0 aromatic heterocycles. The number of amides is 1. The van der Waals surface area contributed by atoms with Crippen LogP contribution in [0.25, 0.3) is 0 Å². The van der Waals surface area contributed by atoms with Crippen LogP contribution < -0.4 is 10.9 Å². The molecule has 0 aliphatic heterocycles. The van der Waals surface area contributed by atoms with E-state index in [-0.39, 0.29) is 17.6 Å². The Morgan fingerprint density at radius 3 is 2.58 bits per heavy atom. The third-order valence-corrected chi connectivity index (χ3v) is 4.44. The van der Waals surface area contributed by atoms with Crippen molar-refractivity contribution in [3.8, 4) is 0 Å². The van der Waals surface area contributed by atoms with Crippen LogP contribution in [0.4, 0.5) is 0 Å². The molecule has 0 saturated carbocycles. The Balaban J connectivity index is 1.64. The minimum absolute atomic E-state index is 0.0642. The van der Waals surface area contributed by atoms with Gasteiger partial charge in [-0.05, 0) is 36.1 Å². The molecule has 0 spiro atoms. The van der Waals surface area contributed by atoms with Crippen LogP contribution in [-0.2, 0) is 4.79 Å². The van der Waals surface area contributed by atoms with Gasteiger partial charge in [0.2, 0.25) is 0 Å². The molecule has 0 fully saturated rings. The molecule has 2 aromatic rings. The Bertz CT molecular complexity index is 787. The molecule has 1 amide bonds. The molecule has 0 radical (unpaired) electrons. The van der Waals surface area contributed by atoms with Crippen LogP contribution in [0.15, 0.2) is 70.8 Å². The van der Waals surface area contributed by atoms with Gasteiger partial charge in [-0.1, -0.05) is 52.3 Å². The van der Waals surface area contributed by atoms with Gasteiger partial charge in [-0.15, -0.1) is 0 Å². The van der Waals surface area contributed by atoms with Gasteiger partial charge in [0.15, 0.2) is 5.78 Å². The van der Waals surface area contributed by atoms with Crippen molar-refractivity contribution in [3.05, 3.63) is 82.0 Å². The molecule has 0 bridgehead atoms. The number of hydrogen-bond donors (Lipinski definition) is 2. The van der Waals surface area contributed by atoms with Crippen LogP contribution in [0.2, 0.25) is 0 Å². The van der Waals surface area contributed by atoms with Crippen molar-refractivity contribution < 1.29 is 9.59 Å². The summed E-state index contributed by atoms with van der Waals surface area (Å²) in [6.45, 7) is 0. The van der Waals surface area contributed by atoms with Crippen molar-refractivity contribution in [1.82, 2.24) is 10.9 Å². The summed E-state index contributed by atoms with van der Waals surface area (Å²) >= 11 is 3.34. The zero-order valence-electron chi connectivity index (χ0n) is 13.0. The van der Waals surface area contributed by atoms with Gasteiger partial charge in [0.25, 0.3) is 5.91 Å². The van der Waals surface area contributed by atoms with E-state index in [1.54, 1.807) is 24.3 Å². The standard InChI is InChI=1S/C19H17BrN2O2/c20-16-8-4-7-14(9-16)19(24)22-21-17-10-15(11-18(23)12-17)13-5-2-1-3-6-13/h1-9,12,15,21H,10-11H2,(H,22,24)/t15-/m0/s1. The van der Waals surface area contributed by atoms with Gasteiger partial charge in [-0.25, -0.2) is 0 Å². The molecule has 0 saturated heterocycles. The van der Waals surface area contributed by atoms with Gasteiger partial charge in [-0.3, -0.25) is 15.0 Å². The second kappa shape index (κ2) is 7.45. The predicted molar refractivity (Wildman–Crippen MR) is 96.3 cm³/mol. The van der Waals surface area contributed by atoms with Crippen molar-refractivity contribution in [2.45, 2.75) is 18.8 Å².